The summed E-state index contributed by atoms with van der Waals surface area (Å²) >= 11 is 0. The van der Waals surface area contributed by atoms with Crippen LogP contribution in [-0.2, 0) is 11.3 Å². The summed E-state index contributed by atoms with van der Waals surface area (Å²) in [4.78, 5) is 0. The Bertz CT molecular complexity index is 408. The van der Waals surface area contributed by atoms with Crippen molar-refractivity contribution in [3.63, 3.8) is 0 Å². The second kappa shape index (κ2) is 4.10. The molecule has 3 heteroatoms. The van der Waals surface area contributed by atoms with Crippen LogP contribution in [0.25, 0.3) is 0 Å². The van der Waals surface area contributed by atoms with E-state index in [4.69, 9.17) is 9.15 Å². The molecular weight excluding hydrogens is 226 g/mol. The Morgan fingerprint density at radius 1 is 1.33 bits per heavy atom. The van der Waals surface area contributed by atoms with E-state index in [2.05, 4.69) is 11.4 Å². The maximum absolute atomic E-state index is 5.99. The molecule has 4 rings (SSSR count). The molecule has 3 aliphatic rings. The Morgan fingerprint density at radius 2 is 2.22 bits per heavy atom. The molecule has 0 radical (unpaired) electrons. The van der Waals surface area contributed by atoms with Crippen molar-refractivity contribution in [3.05, 3.63) is 24.2 Å². The van der Waals surface area contributed by atoms with Crippen LogP contribution in [0, 0.1) is 11.3 Å². The second-order valence-corrected chi connectivity index (χ2v) is 6.12. The summed E-state index contributed by atoms with van der Waals surface area (Å²) < 4.78 is 11.4. The molecule has 1 aromatic rings. The van der Waals surface area contributed by atoms with Crippen molar-refractivity contribution in [3.8, 4) is 0 Å². The van der Waals surface area contributed by atoms with Crippen LogP contribution in [0.2, 0.25) is 0 Å². The lowest BCUT2D eigenvalue weighted by atomic mass is 9.54. The number of hydrogen-bond donors (Lipinski definition) is 1. The number of fused-ring (bicyclic) bond motifs is 2. The van der Waals surface area contributed by atoms with E-state index < -0.39 is 0 Å². The third-order valence-electron chi connectivity index (χ3n) is 5.36. The van der Waals surface area contributed by atoms with Crippen molar-refractivity contribution in [2.45, 2.75) is 50.8 Å². The van der Waals surface area contributed by atoms with Crippen molar-refractivity contribution in [1.82, 2.24) is 5.32 Å². The van der Waals surface area contributed by atoms with Gasteiger partial charge in [-0.2, -0.15) is 0 Å². The molecule has 2 saturated carbocycles. The minimum atomic E-state index is 0.452. The summed E-state index contributed by atoms with van der Waals surface area (Å²) in [5.41, 5.74) is 0.452. The number of nitrogens with one attached hydrogen (secondary N) is 1. The van der Waals surface area contributed by atoms with E-state index in [-0.39, 0.29) is 0 Å². The predicted molar refractivity (Wildman–Crippen MR) is 68.1 cm³/mol. The largest absolute Gasteiger partial charge is 0.468 e. The Balaban J connectivity index is 1.48. The van der Waals surface area contributed by atoms with Crippen LogP contribution in [0.1, 0.15) is 37.9 Å². The average molecular weight is 247 g/mol. The first-order valence-corrected chi connectivity index (χ1v) is 7.27. The lowest BCUT2D eigenvalue weighted by molar-refractivity contribution is -0.131. The fourth-order valence-electron chi connectivity index (χ4n) is 4.63. The molecule has 1 aliphatic heterocycles. The second-order valence-electron chi connectivity index (χ2n) is 6.12. The van der Waals surface area contributed by atoms with Crippen molar-refractivity contribution >= 4 is 0 Å². The third-order valence-corrected chi connectivity index (χ3v) is 5.36. The molecule has 0 bridgehead atoms. The molecule has 0 amide bonds. The topological polar surface area (TPSA) is 34.4 Å². The first-order valence-electron chi connectivity index (χ1n) is 7.27. The van der Waals surface area contributed by atoms with Crippen molar-refractivity contribution in [1.29, 1.82) is 0 Å². The van der Waals surface area contributed by atoms with Crippen LogP contribution >= 0.6 is 0 Å². The molecule has 1 N–H and O–H groups in total. The maximum Gasteiger partial charge on any atom is 0.117 e. The average Bonchev–Trinajstić information content (AvgIpc) is 3.10. The first-order chi connectivity index (χ1) is 8.90. The van der Waals surface area contributed by atoms with E-state index in [1.165, 1.54) is 32.1 Å². The third kappa shape index (κ3) is 1.44. The Hall–Kier alpha value is -0.800. The highest BCUT2D eigenvalue weighted by molar-refractivity contribution is 5.17. The van der Waals surface area contributed by atoms with E-state index in [0.717, 1.165) is 24.8 Å². The van der Waals surface area contributed by atoms with Crippen molar-refractivity contribution in [2.75, 3.05) is 6.61 Å². The Labute approximate surface area is 108 Å². The van der Waals surface area contributed by atoms with Crippen molar-refractivity contribution in [2.24, 2.45) is 11.3 Å². The van der Waals surface area contributed by atoms with Crippen LogP contribution in [-0.4, -0.2) is 18.8 Å². The van der Waals surface area contributed by atoms with Crippen molar-refractivity contribution < 1.29 is 9.15 Å². The van der Waals surface area contributed by atoms with Gasteiger partial charge in [0.15, 0.2) is 0 Å². The molecule has 98 valence electrons. The van der Waals surface area contributed by atoms with Gasteiger partial charge in [-0.1, -0.05) is 12.8 Å². The maximum atomic E-state index is 5.99. The Kier molecular flexibility index (Phi) is 2.52. The number of furan rings is 1. The molecule has 18 heavy (non-hydrogen) atoms. The zero-order chi connectivity index (χ0) is 12.0. The molecule has 2 aliphatic carbocycles. The fourth-order valence-corrected chi connectivity index (χ4v) is 4.63. The highest BCUT2D eigenvalue weighted by Crippen LogP contribution is 2.60. The summed E-state index contributed by atoms with van der Waals surface area (Å²) in [5, 5.41) is 3.75. The molecule has 0 unspecified atom stereocenters. The number of hydrogen-bond acceptors (Lipinski definition) is 3. The molecular formula is C15H21NO2. The van der Waals surface area contributed by atoms with E-state index in [9.17, 15) is 0 Å². The summed E-state index contributed by atoms with van der Waals surface area (Å²) in [6, 6.07) is 4.66. The van der Waals surface area contributed by atoms with E-state index in [1.807, 2.05) is 6.07 Å². The van der Waals surface area contributed by atoms with Crippen LogP contribution in [0.4, 0.5) is 0 Å². The Morgan fingerprint density at radius 3 is 3.00 bits per heavy atom. The summed E-state index contributed by atoms with van der Waals surface area (Å²) in [6.07, 6.45) is 9.01. The minimum absolute atomic E-state index is 0.452. The molecule has 3 atom stereocenters. The number of rotatable bonds is 3. The SMILES string of the molecule is c1coc(CN[C@@H]2[C@H]3CCO[C@H]3C23CCCC3)c1. The van der Waals surface area contributed by atoms with Gasteiger partial charge >= 0.3 is 0 Å². The highest BCUT2D eigenvalue weighted by Gasteiger charge is 2.64. The fraction of sp³-hybridized carbons (Fsp3) is 0.733. The van der Waals surface area contributed by atoms with Gasteiger partial charge in [-0.15, -0.1) is 0 Å². The molecule has 1 saturated heterocycles. The smallest absolute Gasteiger partial charge is 0.117 e. The van der Waals surface area contributed by atoms with E-state index >= 15 is 0 Å². The molecule has 3 nitrogen and oxygen atoms in total. The highest BCUT2D eigenvalue weighted by atomic mass is 16.5. The van der Waals surface area contributed by atoms with Crippen LogP contribution in [0.15, 0.2) is 22.8 Å². The molecule has 3 fully saturated rings. The van der Waals surface area contributed by atoms with Gasteiger partial charge in [0, 0.05) is 24.0 Å². The molecule has 2 heterocycles. The van der Waals surface area contributed by atoms with Gasteiger partial charge in [0.25, 0.3) is 0 Å². The van der Waals surface area contributed by atoms with Crippen LogP contribution in [0.3, 0.4) is 0 Å². The standard InChI is InChI=1S/C15H21NO2/c1-2-7-15(6-1)13(12-5-9-18-14(12)15)16-10-11-4-3-8-17-11/h3-4,8,12-14,16H,1-2,5-7,9-10H2/t12-,13-,14-/m1/s1. The van der Waals surface area contributed by atoms with Gasteiger partial charge in [0.05, 0.1) is 18.9 Å². The summed E-state index contributed by atoms with van der Waals surface area (Å²) in [7, 11) is 0. The lowest BCUT2D eigenvalue weighted by Crippen LogP contribution is -2.67. The summed E-state index contributed by atoms with van der Waals surface area (Å²) in [6.45, 7) is 1.83. The van der Waals surface area contributed by atoms with Crippen LogP contribution < -0.4 is 5.32 Å². The first kappa shape index (κ1) is 11.1. The van der Waals surface area contributed by atoms with Gasteiger partial charge < -0.3 is 14.5 Å². The number of ether oxygens (including phenoxy) is 1. The molecule has 1 aromatic heterocycles. The van der Waals surface area contributed by atoms with Gasteiger partial charge in [-0.25, -0.2) is 0 Å². The zero-order valence-corrected chi connectivity index (χ0v) is 10.7. The van der Waals surface area contributed by atoms with E-state index in [0.29, 0.717) is 17.6 Å². The normalized spacial score (nSPS) is 36.8. The van der Waals surface area contributed by atoms with Gasteiger partial charge in [-0.3, -0.25) is 0 Å². The lowest BCUT2D eigenvalue weighted by Gasteiger charge is -2.57. The van der Waals surface area contributed by atoms with Gasteiger partial charge in [0.2, 0.25) is 0 Å². The van der Waals surface area contributed by atoms with E-state index in [1.54, 1.807) is 6.26 Å². The van der Waals surface area contributed by atoms with Gasteiger partial charge in [-0.05, 0) is 31.4 Å². The molecule has 1 spiro atoms. The minimum Gasteiger partial charge on any atom is -0.468 e. The van der Waals surface area contributed by atoms with Gasteiger partial charge in [0.1, 0.15) is 5.76 Å². The summed E-state index contributed by atoms with van der Waals surface area (Å²) in [5.74, 6) is 1.79. The monoisotopic (exact) mass is 247 g/mol. The quantitative estimate of drug-likeness (QED) is 0.891. The van der Waals surface area contributed by atoms with Crippen LogP contribution in [0.5, 0.6) is 0 Å². The predicted octanol–water partition coefficient (Wildman–Crippen LogP) is 2.72. The molecule has 0 aromatic carbocycles. The zero-order valence-electron chi connectivity index (χ0n) is 10.7.